The maximum absolute atomic E-state index is 10.3. The Morgan fingerprint density at radius 3 is 3.00 bits per heavy atom. The van der Waals surface area contributed by atoms with Crippen molar-refractivity contribution in [1.82, 2.24) is 15.2 Å². The molecule has 0 aromatic carbocycles. The number of hydrogen-bond acceptors (Lipinski definition) is 5. The summed E-state index contributed by atoms with van der Waals surface area (Å²) in [5.74, 6) is 1.40. The molecule has 0 bridgehead atoms. The summed E-state index contributed by atoms with van der Waals surface area (Å²) in [5.41, 5.74) is 0. The Kier molecular flexibility index (Phi) is 8.39. The van der Waals surface area contributed by atoms with Crippen molar-refractivity contribution in [3.05, 3.63) is 45.7 Å². The molecular formula is C17H22ClIN4O2S. The molecule has 0 spiro atoms. The largest absolute Gasteiger partial charge is 0.472 e. The fourth-order valence-corrected chi connectivity index (χ4v) is 3.78. The van der Waals surface area contributed by atoms with Crippen molar-refractivity contribution in [2.24, 2.45) is 4.99 Å². The number of hydrogen-bond donors (Lipinski definition) is 2. The van der Waals surface area contributed by atoms with Crippen molar-refractivity contribution in [3.8, 4) is 5.88 Å². The lowest BCUT2D eigenvalue weighted by atomic mass is 10.3. The average molecular weight is 509 g/mol. The van der Waals surface area contributed by atoms with Crippen molar-refractivity contribution in [3.63, 3.8) is 0 Å². The van der Waals surface area contributed by atoms with Crippen molar-refractivity contribution in [2.45, 2.75) is 18.6 Å². The van der Waals surface area contributed by atoms with Gasteiger partial charge in [-0.25, -0.2) is 4.98 Å². The van der Waals surface area contributed by atoms with Crippen LogP contribution < -0.4 is 10.1 Å². The zero-order chi connectivity index (χ0) is 17.6. The SMILES string of the molecule is CN=C(NCC(O)c1ccc(Cl)s1)N1CCC(Oc2ccccn2)C1.I. The zero-order valence-electron chi connectivity index (χ0n) is 14.3. The molecule has 1 fully saturated rings. The highest BCUT2D eigenvalue weighted by molar-refractivity contribution is 14.0. The fraction of sp³-hybridized carbons (Fsp3) is 0.412. The summed E-state index contributed by atoms with van der Waals surface area (Å²) >= 11 is 7.30. The van der Waals surface area contributed by atoms with Crippen LogP contribution in [-0.2, 0) is 0 Å². The van der Waals surface area contributed by atoms with Crippen LogP contribution in [0.5, 0.6) is 5.88 Å². The number of rotatable bonds is 5. The lowest BCUT2D eigenvalue weighted by molar-refractivity contribution is 0.182. The lowest BCUT2D eigenvalue weighted by Gasteiger charge is -2.22. The van der Waals surface area contributed by atoms with Crippen molar-refractivity contribution in [2.75, 3.05) is 26.7 Å². The maximum Gasteiger partial charge on any atom is 0.213 e. The molecule has 3 heterocycles. The van der Waals surface area contributed by atoms with Gasteiger partial charge in [-0.3, -0.25) is 4.99 Å². The molecule has 2 N–H and O–H groups in total. The van der Waals surface area contributed by atoms with Gasteiger partial charge in [0.25, 0.3) is 0 Å². The quantitative estimate of drug-likeness (QED) is 0.369. The van der Waals surface area contributed by atoms with Gasteiger partial charge in [0.05, 0.1) is 10.9 Å². The Balaban J connectivity index is 0.00000243. The summed E-state index contributed by atoms with van der Waals surface area (Å²) in [6, 6.07) is 9.27. The number of nitrogens with one attached hydrogen (secondary N) is 1. The Morgan fingerprint density at radius 2 is 2.35 bits per heavy atom. The molecule has 1 saturated heterocycles. The van der Waals surface area contributed by atoms with Crippen LogP contribution in [0, 0.1) is 0 Å². The number of pyridine rings is 1. The number of thiophene rings is 1. The van der Waals surface area contributed by atoms with Gasteiger partial charge in [0.1, 0.15) is 12.2 Å². The first kappa shape index (κ1) is 21.2. The Bertz CT molecular complexity index is 716. The van der Waals surface area contributed by atoms with Gasteiger partial charge in [0.2, 0.25) is 5.88 Å². The molecule has 0 saturated carbocycles. The molecule has 9 heteroatoms. The van der Waals surface area contributed by atoms with E-state index in [1.807, 2.05) is 24.3 Å². The van der Waals surface area contributed by atoms with Gasteiger partial charge < -0.3 is 20.1 Å². The third-order valence-electron chi connectivity index (χ3n) is 3.96. The predicted molar refractivity (Wildman–Crippen MR) is 116 cm³/mol. The van der Waals surface area contributed by atoms with Crippen LogP contribution in [0.2, 0.25) is 4.34 Å². The first-order valence-electron chi connectivity index (χ1n) is 8.12. The number of ether oxygens (including phenoxy) is 1. The summed E-state index contributed by atoms with van der Waals surface area (Å²) in [5, 5.41) is 13.5. The third kappa shape index (κ3) is 5.70. The van der Waals surface area contributed by atoms with Crippen molar-refractivity contribution >= 4 is 52.9 Å². The predicted octanol–water partition coefficient (Wildman–Crippen LogP) is 3.18. The van der Waals surface area contributed by atoms with Gasteiger partial charge >= 0.3 is 0 Å². The molecule has 3 rings (SSSR count). The summed E-state index contributed by atoms with van der Waals surface area (Å²) < 4.78 is 6.57. The standard InChI is InChI=1S/C17H21ClN4O2S.HI/c1-19-17(21-10-13(23)14-5-6-15(18)25-14)22-9-7-12(11-22)24-16-4-2-3-8-20-16;/h2-6,8,12-13,23H,7,9-11H2,1H3,(H,19,21);1H. The van der Waals surface area contributed by atoms with E-state index < -0.39 is 6.10 Å². The van der Waals surface area contributed by atoms with E-state index >= 15 is 0 Å². The van der Waals surface area contributed by atoms with E-state index in [0.717, 1.165) is 30.3 Å². The molecule has 6 nitrogen and oxygen atoms in total. The highest BCUT2D eigenvalue weighted by Crippen LogP contribution is 2.26. The molecule has 1 aliphatic heterocycles. The topological polar surface area (TPSA) is 70.0 Å². The van der Waals surface area contributed by atoms with Crippen LogP contribution in [0.3, 0.4) is 0 Å². The minimum atomic E-state index is -0.614. The normalized spacial score (nSPS) is 18.3. The van der Waals surface area contributed by atoms with E-state index in [1.165, 1.54) is 11.3 Å². The van der Waals surface area contributed by atoms with Crippen molar-refractivity contribution in [1.29, 1.82) is 0 Å². The Hall–Kier alpha value is -1.10. The van der Waals surface area contributed by atoms with Gasteiger partial charge in [-0.15, -0.1) is 35.3 Å². The molecule has 2 aromatic heterocycles. The van der Waals surface area contributed by atoms with Crippen LogP contribution in [0.15, 0.2) is 41.5 Å². The van der Waals surface area contributed by atoms with E-state index in [1.54, 1.807) is 19.3 Å². The molecule has 2 aromatic rings. The Morgan fingerprint density at radius 1 is 1.50 bits per heavy atom. The molecule has 142 valence electrons. The van der Waals surface area contributed by atoms with Gasteiger partial charge in [-0.1, -0.05) is 17.7 Å². The van der Waals surface area contributed by atoms with E-state index in [0.29, 0.717) is 16.8 Å². The minimum Gasteiger partial charge on any atom is -0.472 e. The first-order valence-corrected chi connectivity index (χ1v) is 9.31. The number of aliphatic hydroxyl groups is 1. The van der Waals surface area contributed by atoms with Gasteiger partial charge in [0.15, 0.2) is 5.96 Å². The highest BCUT2D eigenvalue weighted by atomic mass is 127. The van der Waals surface area contributed by atoms with Crippen molar-refractivity contribution < 1.29 is 9.84 Å². The zero-order valence-corrected chi connectivity index (χ0v) is 18.2. The summed E-state index contributed by atoms with van der Waals surface area (Å²) in [6.07, 6.45) is 2.09. The highest BCUT2D eigenvalue weighted by Gasteiger charge is 2.27. The van der Waals surface area contributed by atoms with Gasteiger partial charge in [-0.05, 0) is 18.2 Å². The van der Waals surface area contributed by atoms with Crippen LogP contribution in [0.1, 0.15) is 17.4 Å². The monoisotopic (exact) mass is 508 g/mol. The molecule has 26 heavy (non-hydrogen) atoms. The lowest BCUT2D eigenvalue weighted by Crippen LogP contribution is -2.42. The number of guanidine groups is 1. The van der Waals surface area contributed by atoms with Crippen LogP contribution in [-0.4, -0.2) is 53.7 Å². The first-order chi connectivity index (χ1) is 12.2. The maximum atomic E-state index is 10.3. The molecule has 0 aliphatic carbocycles. The number of aliphatic hydroxyl groups excluding tert-OH is 1. The summed E-state index contributed by atoms with van der Waals surface area (Å²) in [6.45, 7) is 1.96. The summed E-state index contributed by atoms with van der Waals surface area (Å²) in [7, 11) is 1.74. The molecular weight excluding hydrogens is 487 g/mol. The van der Waals surface area contributed by atoms with Gasteiger partial charge in [-0.2, -0.15) is 0 Å². The van der Waals surface area contributed by atoms with Gasteiger partial charge in [0, 0.05) is 43.7 Å². The number of aliphatic imine (C=N–C) groups is 1. The van der Waals surface area contributed by atoms with E-state index in [4.69, 9.17) is 16.3 Å². The molecule has 2 unspecified atom stereocenters. The summed E-state index contributed by atoms with van der Waals surface area (Å²) in [4.78, 5) is 11.5. The van der Waals surface area contributed by atoms with Crippen LogP contribution >= 0.6 is 46.9 Å². The second kappa shape index (κ2) is 10.3. The number of likely N-dealkylation sites (tertiary alicyclic amines) is 1. The van der Waals surface area contributed by atoms with E-state index in [2.05, 4.69) is 20.2 Å². The second-order valence-electron chi connectivity index (χ2n) is 5.73. The molecule has 1 aliphatic rings. The number of halogens is 2. The fourth-order valence-electron chi connectivity index (χ4n) is 2.73. The smallest absolute Gasteiger partial charge is 0.213 e. The van der Waals surface area contributed by atoms with E-state index in [9.17, 15) is 5.11 Å². The molecule has 0 radical (unpaired) electrons. The number of nitrogens with zero attached hydrogens (tertiary/aromatic N) is 3. The molecule has 2 atom stereocenters. The van der Waals surface area contributed by atoms with Crippen LogP contribution in [0.25, 0.3) is 0 Å². The van der Waals surface area contributed by atoms with Crippen LogP contribution in [0.4, 0.5) is 0 Å². The minimum absolute atomic E-state index is 0. The Labute approximate surface area is 179 Å². The average Bonchev–Trinajstić information content (AvgIpc) is 3.26. The van der Waals surface area contributed by atoms with E-state index in [-0.39, 0.29) is 30.1 Å². The number of aromatic nitrogens is 1. The third-order valence-corrected chi connectivity index (χ3v) is 5.29. The second-order valence-corrected chi connectivity index (χ2v) is 7.47. The molecule has 0 amide bonds.